The van der Waals surface area contributed by atoms with Crippen molar-refractivity contribution in [3.05, 3.63) is 71.0 Å². The molecular formula is C26H33FN2O6. The van der Waals surface area contributed by atoms with Crippen LogP contribution in [0.15, 0.2) is 48.5 Å². The summed E-state index contributed by atoms with van der Waals surface area (Å²) in [6, 6.07) is 15.8. The zero-order chi connectivity index (χ0) is 25.6. The van der Waals surface area contributed by atoms with Gasteiger partial charge in [-0.15, -0.1) is 0 Å². The highest BCUT2D eigenvalue weighted by molar-refractivity contribution is 5.88. The number of piperidine rings is 1. The summed E-state index contributed by atoms with van der Waals surface area (Å²) in [7, 11) is 0. The summed E-state index contributed by atoms with van der Waals surface area (Å²) >= 11 is 0. The lowest BCUT2D eigenvalue weighted by Crippen LogP contribution is -2.43. The topological polar surface area (TPSA) is 118 Å². The van der Waals surface area contributed by atoms with E-state index in [1.54, 1.807) is 6.07 Å². The lowest BCUT2D eigenvalue weighted by atomic mass is 9.97. The van der Waals surface area contributed by atoms with Gasteiger partial charge in [-0.2, -0.15) is 0 Å². The summed E-state index contributed by atoms with van der Waals surface area (Å²) in [5.74, 6) is -1.33. The predicted molar refractivity (Wildman–Crippen MR) is 129 cm³/mol. The Kier molecular flexibility index (Phi) is 11.9. The zero-order valence-corrected chi connectivity index (χ0v) is 19.6. The minimum absolute atomic E-state index is 0.219. The number of benzene rings is 2. The molecule has 0 spiro atoms. The number of carboxylic acid groups (broad SMARTS) is 3. The van der Waals surface area contributed by atoms with E-state index >= 15 is 0 Å². The molecule has 0 saturated carbocycles. The van der Waals surface area contributed by atoms with E-state index in [1.165, 1.54) is 30.5 Å². The third kappa shape index (κ3) is 9.11. The van der Waals surface area contributed by atoms with Crippen molar-refractivity contribution in [3.8, 4) is 0 Å². The second-order valence-electron chi connectivity index (χ2n) is 8.68. The van der Waals surface area contributed by atoms with Crippen molar-refractivity contribution in [2.24, 2.45) is 5.92 Å². The number of carbonyl (C=O) groups is 3. The van der Waals surface area contributed by atoms with Gasteiger partial charge in [0.05, 0.1) is 5.56 Å². The number of hydrogen-bond acceptors (Lipinski definition) is 5. The minimum Gasteiger partial charge on any atom is -0.483 e. The van der Waals surface area contributed by atoms with Crippen LogP contribution in [0.1, 0.15) is 40.7 Å². The van der Waals surface area contributed by atoms with Crippen LogP contribution in [0.25, 0.3) is 0 Å². The largest absolute Gasteiger partial charge is 0.483 e. The molecule has 2 fully saturated rings. The molecule has 2 heterocycles. The zero-order valence-electron chi connectivity index (χ0n) is 19.6. The number of likely N-dealkylation sites (tertiary alicyclic amines) is 2. The summed E-state index contributed by atoms with van der Waals surface area (Å²) in [6.07, 6.45) is 4.37. The van der Waals surface area contributed by atoms with Gasteiger partial charge in [-0.3, -0.25) is 19.4 Å². The van der Waals surface area contributed by atoms with E-state index in [1.807, 2.05) is 0 Å². The van der Waals surface area contributed by atoms with Crippen LogP contribution in [-0.4, -0.2) is 76.3 Å². The Morgan fingerprint density at radius 3 is 2.17 bits per heavy atom. The van der Waals surface area contributed by atoms with Crippen molar-refractivity contribution < 1.29 is 34.1 Å². The van der Waals surface area contributed by atoms with E-state index in [9.17, 15) is 9.18 Å². The summed E-state index contributed by atoms with van der Waals surface area (Å²) in [5, 5.41) is 22.9. The van der Waals surface area contributed by atoms with Crippen LogP contribution in [0, 0.1) is 11.7 Å². The number of hydrogen-bond donors (Lipinski definition) is 3. The molecule has 0 aromatic heterocycles. The molecule has 0 bridgehead atoms. The van der Waals surface area contributed by atoms with Crippen molar-refractivity contribution in [2.45, 2.75) is 38.3 Å². The molecule has 2 aromatic rings. The molecule has 9 heteroatoms. The van der Waals surface area contributed by atoms with Crippen LogP contribution in [0.4, 0.5) is 4.39 Å². The molecule has 2 saturated heterocycles. The SMILES string of the molecule is O=C(O)c1cc(CC2CCN(C3CCN(Cc4ccccc4)CC3)C2)ccc1F.O=CO.O=CO. The standard InChI is InChI=1S/C24H29FN2O2.2CH2O2/c25-23-7-6-19(15-22(23)24(28)29)14-20-8-13-27(17-20)21-9-11-26(12-10-21)16-18-4-2-1-3-5-18;2*2-1-3/h1-7,15,20-21H,8-14,16-17H2,(H,28,29);2*1H,(H,2,3). The van der Waals surface area contributed by atoms with Gasteiger partial charge in [0.2, 0.25) is 0 Å². The fourth-order valence-electron chi connectivity index (χ4n) is 4.84. The average Bonchev–Trinajstić information content (AvgIpc) is 3.31. The van der Waals surface area contributed by atoms with Gasteiger partial charge in [0.1, 0.15) is 5.82 Å². The van der Waals surface area contributed by atoms with Crippen molar-refractivity contribution in [1.29, 1.82) is 0 Å². The maximum atomic E-state index is 13.6. The molecule has 2 aliphatic rings. The Bertz CT molecular complexity index is 929. The predicted octanol–water partition coefficient (Wildman–Crippen LogP) is 3.45. The maximum absolute atomic E-state index is 13.6. The van der Waals surface area contributed by atoms with E-state index in [2.05, 4.69) is 40.1 Å². The lowest BCUT2D eigenvalue weighted by Gasteiger charge is -2.37. The van der Waals surface area contributed by atoms with Crippen molar-refractivity contribution >= 4 is 18.9 Å². The van der Waals surface area contributed by atoms with Gasteiger partial charge in [0.15, 0.2) is 0 Å². The van der Waals surface area contributed by atoms with E-state index in [-0.39, 0.29) is 18.5 Å². The number of carboxylic acids is 1. The highest BCUT2D eigenvalue weighted by Gasteiger charge is 2.30. The Balaban J connectivity index is 0.000000655. The van der Waals surface area contributed by atoms with Gasteiger partial charge in [-0.1, -0.05) is 36.4 Å². The molecule has 0 aliphatic carbocycles. The third-order valence-electron chi connectivity index (χ3n) is 6.43. The molecule has 0 radical (unpaired) electrons. The smallest absolute Gasteiger partial charge is 0.338 e. The first-order valence-electron chi connectivity index (χ1n) is 11.6. The van der Waals surface area contributed by atoms with Gasteiger partial charge in [-0.05, 0) is 74.5 Å². The van der Waals surface area contributed by atoms with Gasteiger partial charge < -0.3 is 15.3 Å². The molecular weight excluding hydrogens is 455 g/mol. The number of rotatable bonds is 6. The first kappa shape index (κ1) is 27.9. The fraction of sp³-hybridized carbons (Fsp3) is 0.423. The number of nitrogens with zero attached hydrogens (tertiary/aromatic N) is 2. The lowest BCUT2D eigenvalue weighted by molar-refractivity contribution is -0.123. The van der Waals surface area contributed by atoms with Crippen LogP contribution >= 0.6 is 0 Å². The van der Waals surface area contributed by atoms with E-state index < -0.39 is 11.8 Å². The third-order valence-corrected chi connectivity index (χ3v) is 6.43. The summed E-state index contributed by atoms with van der Waals surface area (Å²) in [4.78, 5) is 33.0. The van der Waals surface area contributed by atoms with E-state index in [0.29, 0.717) is 12.0 Å². The molecule has 35 heavy (non-hydrogen) atoms. The van der Waals surface area contributed by atoms with Crippen molar-refractivity contribution in [2.75, 3.05) is 26.2 Å². The Morgan fingerprint density at radius 1 is 0.943 bits per heavy atom. The van der Waals surface area contributed by atoms with Crippen LogP contribution < -0.4 is 0 Å². The molecule has 190 valence electrons. The van der Waals surface area contributed by atoms with Gasteiger partial charge in [0.25, 0.3) is 12.9 Å². The van der Waals surface area contributed by atoms with Crippen LogP contribution in [0.2, 0.25) is 0 Å². The quantitative estimate of drug-likeness (QED) is 0.529. The first-order valence-corrected chi connectivity index (χ1v) is 11.6. The molecule has 3 N–H and O–H groups in total. The van der Waals surface area contributed by atoms with Crippen LogP contribution in [0.5, 0.6) is 0 Å². The fourth-order valence-corrected chi connectivity index (χ4v) is 4.84. The van der Waals surface area contributed by atoms with E-state index in [4.69, 9.17) is 24.9 Å². The Hall–Kier alpha value is -3.30. The maximum Gasteiger partial charge on any atom is 0.338 e. The molecule has 2 aromatic carbocycles. The minimum atomic E-state index is -1.19. The van der Waals surface area contributed by atoms with Crippen molar-refractivity contribution in [1.82, 2.24) is 9.80 Å². The molecule has 1 atom stereocenters. The molecule has 0 amide bonds. The monoisotopic (exact) mass is 488 g/mol. The average molecular weight is 489 g/mol. The highest BCUT2D eigenvalue weighted by atomic mass is 19.1. The highest BCUT2D eigenvalue weighted by Crippen LogP contribution is 2.27. The number of halogens is 1. The van der Waals surface area contributed by atoms with E-state index in [0.717, 1.165) is 51.1 Å². The summed E-state index contributed by atoms with van der Waals surface area (Å²) in [6.45, 7) is 4.98. The summed E-state index contributed by atoms with van der Waals surface area (Å²) in [5.41, 5.74) is 2.09. The molecule has 8 nitrogen and oxygen atoms in total. The number of aromatic carboxylic acids is 1. The second-order valence-corrected chi connectivity index (χ2v) is 8.68. The van der Waals surface area contributed by atoms with Crippen LogP contribution in [-0.2, 0) is 22.6 Å². The Morgan fingerprint density at radius 2 is 1.57 bits per heavy atom. The van der Waals surface area contributed by atoms with Gasteiger partial charge in [0, 0.05) is 19.1 Å². The molecule has 2 aliphatic heterocycles. The van der Waals surface area contributed by atoms with Gasteiger partial charge >= 0.3 is 5.97 Å². The Labute approximate surface area is 204 Å². The van der Waals surface area contributed by atoms with Gasteiger partial charge in [-0.25, -0.2) is 9.18 Å². The second kappa shape index (κ2) is 14.9. The van der Waals surface area contributed by atoms with Crippen molar-refractivity contribution in [3.63, 3.8) is 0 Å². The molecule has 4 rings (SSSR count). The summed E-state index contributed by atoms with van der Waals surface area (Å²) < 4.78 is 13.6. The van der Waals surface area contributed by atoms with Crippen LogP contribution in [0.3, 0.4) is 0 Å². The first-order chi connectivity index (χ1) is 16.9. The molecule has 1 unspecified atom stereocenters. The normalized spacial score (nSPS) is 18.5.